The first-order chi connectivity index (χ1) is 12.0. The predicted molar refractivity (Wildman–Crippen MR) is 103 cm³/mol. The summed E-state index contributed by atoms with van der Waals surface area (Å²) in [4.78, 5) is 28.1. The number of para-hydroxylation sites is 2. The van der Waals surface area contributed by atoms with E-state index < -0.39 is 0 Å². The second-order valence-electron chi connectivity index (χ2n) is 5.97. The van der Waals surface area contributed by atoms with Crippen LogP contribution in [0, 0.1) is 0 Å². The maximum absolute atomic E-state index is 12.5. The van der Waals surface area contributed by atoms with Gasteiger partial charge in [0.15, 0.2) is 0 Å². The lowest BCUT2D eigenvalue weighted by molar-refractivity contribution is -0.129. The largest absolute Gasteiger partial charge is 0.366 e. The third-order valence-electron chi connectivity index (χ3n) is 4.30. The monoisotopic (exact) mass is 401 g/mol. The molecule has 2 aromatic rings. The highest BCUT2D eigenvalue weighted by Crippen LogP contribution is 2.27. The molecule has 130 valence electrons. The molecule has 3 rings (SSSR count). The molecule has 25 heavy (non-hydrogen) atoms. The molecule has 0 atom stereocenters. The molecule has 0 aromatic heterocycles. The van der Waals surface area contributed by atoms with Crippen molar-refractivity contribution in [3.63, 3.8) is 0 Å². The summed E-state index contributed by atoms with van der Waals surface area (Å²) in [6.45, 7) is 4.50. The molecule has 2 amide bonds. The molecule has 1 aliphatic rings. The summed E-state index contributed by atoms with van der Waals surface area (Å²) in [6, 6.07) is 15.1. The van der Waals surface area contributed by atoms with Gasteiger partial charge in [0, 0.05) is 43.1 Å². The van der Waals surface area contributed by atoms with Gasteiger partial charge in [-0.05, 0) is 30.3 Å². The Hall–Kier alpha value is -2.34. The maximum atomic E-state index is 12.5. The Kier molecular flexibility index (Phi) is 5.38. The molecular weight excluding hydrogens is 382 g/mol. The molecule has 1 fully saturated rings. The minimum absolute atomic E-state index is 0.107. The van der Waals surface area contributed by atoms with Crippen molar-refractivity contribution in [2.24, 2.45) is 0 Å². The van der Waals surface area contributed by atoms with Crippen LogP contribution < -0.4 is 10.2 Å². The van der Waals surface area contributed by atoms with E-state index in [-0.39, 0.29) is 11.8 Å². The van der Waals surface area contributed by atoms with Crippen LogP contribution in [0.5, 0.6) is 0 Å². The summed E-state index contributed by atoms with van der Waals surface area (Å²) in [5.41, 5.74) is 2.36. The van der Waals surface area contributed by atoms with Crippen molar-refractivity contribution in [2.45, 2.75) is 6.92 Å². The van der Waals surface area contributed by atoms with Gasteiger partial charge in [0.25, 0.3) is 5.91 Å². The molecule has 1 aliphatic heterocycles. The van der Waals surface area contributed by atoms with Gasteiger partial charge in [0.05, 0.1) is 11.4 Å². The number of piperazine rings is 1. The minimum Gasteiger partial charge on any atom is -0.366 e. The third-order valence-corrected chi connectivity index (χ3v) is 4.80. The van der Waals surface area contributed by atoms with Gasteiger partial charge in [0.2, 0.25) is 5.91 Å². The number of nitrogens with zero attached hydrogens (tertiary/aromatic N) is 2. The van der Waals surface area contributed by atoms with Gasteiger partial charge in [-0.25, -0.2) is 0 Å². The molecule has 6 heteroatoms. The summed E-state index contributed by atoms with van der Waals surface area (Å²) in [7, 11) is 0. The predicted octanol–water partition coefficient (Wildman–Crippen LogP) is 3.37. The van der Waals surface area contributed by atoms with Gasteiger partial charge in [-0.15, -0.1) is 0 Å². The summed E-state index contributed by atoms with van der Waals surface area (Å²) in [6.07, 6.45) is 0. The number of nitrogens with one attached hydrogen (secondary N) is 1. The Morgan fingerprint density at radius 1 is 1.00 bits per heavy atom. The molecule has 5 nitrogen and oxygen atoms in total. The van der Waals surface area contributed by atoms with Gasteiger partial charge in [-0.2, -0.15) is 0 Å². The normalized spacial score (nSPS) is 14.3. The standard InChI is InChI=1S/C19H20BrN3O2/c1-14(24)22-9-11-23(12-10-22)18-8-3-2-7-17(18)21-19(25)15-5-4-6-16(20)13-15/h2-8,13H,9-12H2,1H3,(H,21,25). The van der Waals surface area contributed by atoms with Crippen molar-refractivity contribution >= 4 is 39.1 Å². The van der Waals surface area contributed by atoms with Gasteiger partial charge in [-0.3, -0.25) is 9.59 Å². The molecule has 2 aromatic carbocycles. The quantitative estimate of drug-likeness (QED) is 0.857. The highest BCUT2D eigenvalue weighted by atomic mass is 79.9. The van der Waals surface area contributed by atoms with E-state index in [9.17, 15) is 9.59 Å². The number of hydrogen-bond acceptors (Lipinski definition) is 3. The maximum Gasteiger partial charge on any atom is 0.255 e. The van der Waals surface area contributed by atoms with Crippen LogP contribution in [0.2, 0.25) is 0 Å². The first kappa shape index (κ1) is 17.5. The van der Waals surface area contributed by atoms with Crippen molar-refractivity contribution in [3.05, 3.63) is 58.6 Å². The van der Waals surface area contributed by atoms with Crippen LogP contribution in [0.3, 0.4) is 0 Å². The fourth-order valence-corrected chi connectivity index (χ4v) is 3.34. The molecule has 0 unspecified atom stereocenters. The first-order valence-corrected chi connectivity index (χ1v) is 9.00. The Morgan fingerprint density at radius 3 is 2.40 bits per heavy atom. The fraction of sp³-hybridized carbons (Fsp3) is 0.263. The van der Waals surface area contributed by atoms with Crippen LogP contribution in [0.1, 0.15) is 17.3 Å². The Balaban J connectivity index is 1.75. The van der Waals surface area contributed by atoms with Crippen molar-refractivity contribution in [3.8, 4) is 0 Å². The van der Waals surface area contributed by atoms with E-state index in [1.807, 2.05) is 41.3 Å². The molecule has 1 saturated heterocycles. The molecule has 0 saturated carbocycles. The highest BCUT2D eigenvalue weighted by molar-refractivity contribution is 9.10. The van der Waals surface area contributed by atoms with Crippen molar-refractivity contribution in [1.82, 2.24) is 4.90 Å². The average Bonchev–Trinajstić information content (AvgIpc) is 2.62. The number of carbonyl (C=O) groups excluding carboxylic acids is 2. The SMILES string of the molecule is CC(=O)N1CCN(c2ccccc2NC(=O)c2cccc(Br)c2)CC1. The molecule has 0 bridgehead atoms. The lowest BCUT2D eigenvalue weighted by Gasteiger charge is -2.36. The molecular formula is C19H20BrN3O2. The Morgan fingerprint density at radius 2 is 1.72 bits per heavy atom. The van der Waals surface area contributed by atoms with E-state index in [0.717, 1.165) is 28.9 Å². The Bertz CT molecular complexity index is 786. The van der Waals surface area contributed by atoms with Crippen molar-refractivity contribution in [2.75, 3.05) is 36.4 Å². The summed E-state index contributed by atoms with van der Waals surface area (Å²) in [5, 5.41) is 3.00. The van der Waals surface area contributed by atoms with Crippen LogP contribution in [0.4, 0.5) is 11.4 Å². The van der Waals surface area contributed by atoms with Crippen LogP contribution in [-0.4, -0.2) is 42.9 Å². The number of hydrogen-bond donors (Lipinski definition) is 1. The number of anilines is 2. The number of halogens is 1. The van der Waals surface area contributed by atoms with E-state index in [4.69, 9.17) is 0 Å². The van der Waals surface area contributed by atoms with Gasteiger partial charge in [-0.1, -0.05) is 34.1 Å². The second-order valence-corrected chi connectivity index (χ2v) is 6.89. The van der Waals surface area contributed by atoms with Crippen LogP contribution >= 0.6 is 15.9 Å². The van der Waals surface area contributed by atoms with Crippen LogP contribution in [0.25, 0.3) is 0 Å². The van der Waals surface area contributed by atoms with Crippen molar-refractivity contribution in [1.29, 1.82) is 0 Å². The van der Waals surface area contributed by atoms with Crippen LogP contribution in [0.15, 0.2) is 53.0 Å². The number of amides is 2. The lowest BCUT2D eigenvalue weighted by atomic mass is 10.1. The summed E-state index contributed by atoms with van der Waals surface area (Å²) < 4.78 is 0.869. The number of benzene rings is 2. The zero-order chi connectivity index (χ0) is 17.8. The Labute approximate surface area is 155 Å². The van der Waals surface area contributed by atoms with Crippen molar-refractivity contribution < 1.29 is 9.59 Å². The number of carbonyl (C=O) groups is 2. The molecule has 0 aliphatic carbocycles. The van der Waals surface area contributed by atoms with E-state index in [0.29, 0.717) is 18.7 Å². The van der Waals surface area contributed by atoms with Crippen LogP contribution in [-0.2, 0) is 4.79 Å². The average molecular weight is 402 g/mol. The molecule has 1 N–H and O–H groups in total. The topological polar surface area (TPSA) is 52.7 Å². The third kappa shape index (κ3) is 4.20. The van der Waals surface area contributed by atoms with E-state index >= 15 is 0 Å². The fourth-order valence-electron chi connectivity index (χ4n) is 2.94. The summed E-state index contributed by atoms with van der Waals surface area (Å²) >= 11 is 3.39. The molecule has 0 spiro atoms. The van der Waals surface area contributed by atoms with Gasteiger partial charge >= 0.3 is 0 Å². The minimum atomic E-state index is -0.142. The van der Waals surface area contributed by atoms with Gasteiger partial charge in [0.1, 0.15) is 0 Å². The zero-order valence-corrected chi connectivity index (χ0v) is 15.6. The summed E-state index contributed by atoms with van der Waals surface area (Å²) in [5.74, 6) is -0.0352. The zero-order valence-electron chi connectivity index (χ0n) is 14.0. The van der Waals surface area contributed by atoms with E-state index in [2.05, 4.69) is 26.1 Å². The smallest absolute Gasteiger partial charge is 0.255 e. The lowest BCUT2D eigenvalue weighted by Crippen LogP contribution is -2.48. The number of rotatable bonds is 3. The van der Waals surface area contributed by atoms with Gasteiger partial charge < -0.3 is 15.1 Å². The first-order valence-electron chi connectivity index (χ1n) is 8.21. The van der Waals surface area contributed by atoms with E-state index in [1.54, 1.807) is 19.1 Å². The molecule has 0 radical (unpaired) electrons. The highest BCUT2D eigenvalue weighted by Gasteiger charge is 2.21. The second kappa shape index (κ2) is 7.70. The van der Waals surface area contributed by atoms with E-state index in [1.165, 1.54) is 0 Å². The molecule has 1 heterocycles.